The SMILES string of the molecule is Cc1c(CNc2cccc(-c3nnnn3C)c2)cnn1C. The first-order chi connectivity index (χ1) is 10.1. The van der Waals surface area contributed by atoms with Gasteiger partial charge in [-0.2, -0.15) is 5.10 Å². The number of tetrazole rings is 1. The van der Waals surface area contributed by atoms with Crippen molar-refractivity contribution in [2.24, 2.45) is 14.1 Å². The minimum atomic E-state index is 0.736. The predicted molar refractivity (Wildman–Crippen MR) is 79.5 cm³/mol. The van der Waals surface area contributed by atoms with Gasteiger partial charge in [0, 0.05) is 43.1 Å². The van der Waals surface area contributed by atoms with E-state index in [0.29, 0.717) is 0 Å². The average Bonchev–Trinajstić information content (AvgIpc) is 3.05. The number of hydrogen-bond acceptors (Lipinski definition) is 5. The molecule has 2 aromatic heterocycles. The molecule has 0 fully saturated rings. The van der Waals surface area contributed by atoms with E-state index in [1.165, 1.54) is 5.56 Å². The molecule has 0 atom stereocenters. The third kappa shape index (κ3) is 2.62. The number of aryl methyl sites for hydroxylation is 2. The Kier molecular flexibility index (Phi) is 3.39. The highest BCUT2D eigenvalue weighted by molar-refractivity contribution is 5.62. The Morgan fingerprint density at radius 3 is 2.71 bits per heavy atom. The summed E-state index contributed by atoms with van der Waals surface area (Å²) in [5.74, 6) is 0.746. The summed E-state index contributed by atoms with van der Waals surface area (Å²) in [5.41, 5.74) is 4.36. The van der Waals surface area contributed by atoms with E-state index in [2.05, 4.69) is 32.9 Å². The van der Waals surface area contributed by atoms with Crippen LogP contribution in [0.25, 0.3) is 11.4 Å². The summed E-state index contributed by atoms with van der Waals surface area (Å²) in [6.45, 7) is 2.80. The van der Waals surface area contributed by atoms with Crippen molar-refractivity contribution >= 4 is 5.69 Å². The van der Waals surface area contributed by atoms with Crippen LogP contribution in [-0.4, -0.2) is 30.0 Å². The van der Waals surface area contributed by atoms with Gasteiger partial charge in [0.15, 0.2) is 5.82 Å². The number of nitrogens with zero attached hydrogens (tertiary/aromatic N) is 6. The Morgan fingerprint density at radius 2 is 2.05 bits per heavy atom. The number of rotatable bonds is 4. The quantitative estimate of drug-likeness (QED) is 0.786. The molecule has 0 unspecified atom stereocenters. The van der Waals surface area contributed by atoms with E-state index in [1.807, 2.05) is 49.2 Å². The lowest BCUT2D eigenvalue weighted by atomic mass is 10.2. The molecule has 0 aliphatic heterocycles. The minimum Gasteiger partial charge on any atom is -0.381 e. The molecular weight excluding hydrogens is 266 g/mol. The molecule has 1 N–H and O–H groups in total. The molecule has 0 bridgehead atoms. The van der Waals surface area contributed by atoms with Gasteiger partial charge in [0.25, 0.3) is 0 Å². The molecule has 7 nitrogen and oxygen atoms in total. The van der Waals surface area contributed by atoms with Crippen LogP contribution >= 0.6 is 0 Å². The fourth-order valence-electron chi connectivity index (χ4n) is 2.16. The van der Waals surface area contributed by atoms with Crippen LogP contribution in [0.4, 0.5) is 5.69 Å². The van der Waals surface area contributed by atoms with E-state index in [1.54, 1.807) is 4.68 Å². The molecular formula is C14H17N7. The summed E-state index contributed by atoms with van der Waals surface area (Å²) in [4.78, 5) is 0. The van der Waals surface area contributed by atoms with Crippen LogP contribution in [-0.2, 0) is 20.6 Å². The van der Waals surface area contributed by atoms with Gasteiger partial charge in [-0.25, -0.2) is 4.68 Å². The predicted octanol–water partition coefficient (Wildman–Crippen LogP) is 1.53. The summed E-state index contributed by atoms with van der Waals surface area (Å²) < 4.78 is 3.53. The molecule has 1 aromatic carbocycles. The standard InChI is InChI=1S/C14H17N7/c1-10-12(9-16-20(10)2)8-15-13-6-4-5-11(7-13)14-17-18-19-21(14)3/h4-7,9,15H,8H2,1-3H3. The summed E-state index contributed by atoms with van der Waals surface area (Å²) >= 11 is 0. The van der Waals surface area contributed by atoms with Crippen LogP contribution in [0.3, 0.4) is 0 Å². The maximum absolute atomic E-state index is 4.25. The fourth-order valence-corrected chi connectivity index (χ4v) is 2.16. The van der Waals surface area contributed by atoms with Gasteiger partial charge >= 0.3 is 0 Å². The molecule has 0 spiro atoms. The molecule has 0 amide bonds. The highest BCUT2D eigenvalue weighted by Gasteiger charge is 2.07. The van der Waals surface area contributed by atoms with Gasteiger partial charge in [-0.3, -0.25) is 4.68 Å². The molecule has 3 aromatic rings. The minimum absolute atomic E-state index is 0.736. The maximum Gasteiger partial charge on any atom is 0.181 e. The summed E-state index contributed by atoms with van der Waals surface area (Å²) in [7, 11) is 3.77. The molecule has 0 radical (unpaired) electrons. The van der Waals surface area contributed by atoms with Crippen LogP contribution in [0.15, 0.2) is 30.5 Å². The second-order valence-electron chi connectivity index (χ2n) is 4.94. The largest absolute Gasteiger partial charge is 0.381 e. The Labute approximate surface area is 122 Å². The first kappa shape index (κ1) is 13.3. The van der Waals surface area contributed by atoms with Crippen molar-refractivity contribution in [2.45, 2.75) is 13.5 Å². The lowest BCUT2D eigenvalue weighted by Crippen LogP contribution is -2.02. The lowest BCUT2D eigenvalue weighted by Gasteiger charge is -2.08. The van der Waals surface area contributed by atoms with E-state index >= 15 is 0 Å². The third-order valence-electron chi connectivity index (χ3n) is 3.56. The number of aromatic nitrogens is 6. The summed E-state index contributed by atoms with van der Waals surface area (Å²) in [5, 5.41) is 19.2. The van der Waals surface area contributed by atoms with Gasteiger partial charge in [0.1, 0.15) is 0 Å². The van der Waals surface area contributed by atoms with Gasteiger partial charge in [0.2, 0.25) is 0 Å². The number of benzene rings is 1. The molecule has 0 aliphatic rings. The summed E-state index contributed by atoms with van der Waals surface area (Å²) in [6.07, 6.45) is 1.89. The Morgan fingerprint density at radius 1 is 1.19 bits per heavy atom. The van der Waals surface area contributed by atoms with Crippen molar-refractivity contribution in [3.63, 3.8) is 0 Å². The zero-order valence-electron chi connectivity index (χ0n) is 12.3. The van der Waals surface area contributed by atoms with E-state index in [4.69, 9.17) is 0 Å². The number of hydrogen-bond donors (Lipinski definition) is 1. The topological polar surface area (TPSA) is 73.5 Å². The van der Waals surface area contributed by atoms with Crippen molar-refractivity contribution in [1.82, 2.24) is 30.0 Å². The van der Waals surface area contributed by atoms with Crippen molar-refractivity contribution < 1.29 is 0 Å². The average molecular weight is 283 g/mol. The molecule has 3 rings (SSSR count). The molecule has 108 valence electrons. The molecule has 21 heavy (non-hydrogen) atoms. The molecule has 0 saturated heterocycles. The molecule has 0 aliphatic carbocycles. The van der Waals surface area contributed by atoms with E-state index in [9.17, 15) is 0 Å². The first-order valence-corrected chi connectivity index (χ1v) is 6.69. The zero-order valence-corrected chi connectivity index (χ0v) is 12.3. The Hall–Kier alpha value is -2.70. The van der Waals surface area contributed by atoms with Crippen molar-refractivity contribution in [2.75, 3.05) is 5.32 Å². The first-order valence-electron chi connectivity index (χ1n) is 6.69. The van der Waals surface area contributed by atoms with Crippen molar-refractivity contribution in [3.8, 4) is 11.4 Å². The zero-order chi connectivity index (χ0) is 14.8. The van der Waals surface area contributed by atoms with Gasteiger partial charge in [-0.15, -0.1) is 5.10 Å². The number of nitrogens with one attached hydrogen (secondary N) is 1. The smallest absolute Gasteiger partial charge is 0.181 e. The monoisotopic (exact) mass is 283 g/mol. The van der Waals surface area contributed by atoms with Crippen LogP contribution in [0.2, 0.25) is 0 Å². The highest BCUT2D eigenvalue weighted by Crippen LogP contribution is 2.20. The number of anilines is 1. The second kappa shape index (κ2) is 5.35. The Bertz CT molecular complexity index is 756. The van der Waals surface area contributed by atoms with Crippen LogP contribution in [0, 0.1) is 6.92 Å². The van der Waals surface area contributed by atoms with E-state index < -0.39 is 0 Å². The Balaban J connectivity index is 1.78. The third-order valence-corrected chi connectivity index (χ3v) is 3.56. The molecule has 0 saturated carbocycles. The summed E-state index contributed by atoms with van der Waals surface area (Å²) in [6, 6.07) is 8.05. The molecule has 7 heteroatoms. The van der Waals surface area contributed by atoms with Crippen LogP contribution < -0.4 is 5.32 Å². The van der Waals surface area contributed by atoms with Crippen LogP contribution in [0.5, 0.6) is 0 Å². The van der Waals surface area contributed by atoms with E-state index in [-0.39, 0.29) is 0 Å². The normalized spacial score (nSPS) is 10.8. The lowest BCUT2D eigenvalue weighted by molar-refractivity contribution is 0.714. The van der Waals surface area contributed by atoms with Gasteiger partial charge < -0.3 is 5.32 Å². The van der Waals surface area contributed by atoms with Gasteiger partial charge in [-0.05, 0) is 29.5 Å². The van der Waals surface area contributed by atoms with Crippen LogP contribution in [0.1, 0.15) is 11.3 Å². The molecule has 2 heterocycles. The highest BCUT2D eigenvalue weighted by atomic mass is 15.5. The van der Waals surface area contributed by atoms with Gasteiger partial charge in [-0.1, -0.05) is 12.1 Å². The second-order valence-corrected chi connectivity index (χ2v) is 4.94. The van der Waals surface area contributed by atoms with Crippen molar-refractivity contribution in [3.05, 3.63) is 41.7 Å². The maximum atomic E-state index is 4.25. The van der Waals surface area contributed by atoms with Crippen molar-refractivity contribution in [1.29, 1.82) is 0 Å². The fraction of sp³-hybridized carbons (Fsp3) is 0.286. The van der Waals surface area contributed by atoms with Gasteiger partial charge in [0.05, 0.1) is 6.20 Å². The van der Waals surface area contributed by atoms with E-state index in [0.717, 1.165) is 29.3 Å².